The van der Waals surface area contributed by atoms with Crippen molar-refractivity contribution in [2.45, 2.75) is 67.2 Å². The van der Waals surface area contributed by atoms with Gasteiger partial charge in [0, 0.05) is 0 Å². The lowest BCUT2D eigenvalue weighted by Crippen LogP contribution is -2.48. The fourth-order valence-electron chi connectivity index (χ4n) is 4.67. The average molecular weight is 222 g/mol. The molecule has 0 aromatic heterocycles. The molecule has 0 nitrogen and oxygen atoms in total. The molecule has 0 aliphatic heterocycles. The molecule has 0 bridgehead atoms. The molecule has 0 aromatic carbocycles. The zero-order valence-corrected chi connectivity index (χ0v) is 12.1. The minimum Gasteiger partial charge on any atom is -0.0622 e. The topological polar surface area (TPSA) is 0 Å². The van der Waals surface area contributed by atoms with E-state index < -0.39 is 0 Å². The Balaban J connectivity index is 2.24. The summed E-state index contributed by atoms with van der Waals surface area (Å²) in [5, 5.41) is 0. The fourth-order valence-corrected chi connectivity index (χ4v) is 4.67. The van der Waals surface area contributed by atoms with E-state index in [4.69, 9.17) is 0 Å². The molecule has 16 heavy (non-hydrogen) atoms. The zero-order chi connectivity index (χ0) is 12.1. The first-order valence-corrected chi connectivity index (χ1v) is 7.26. The number of fused-ring (bicyclic) bond motifs is 1. The molecule has 2 aliphatic rings. The lowest BCUT2D eigenvalue weighted by molar-refractivity contribution is -0.0765. The molecule has 0 heterocycles. The van der Waals surface area contributed by atoms with Crippen LogP contribution in [0.1, 0.15) is 67.2 Å². The van der Waals surface area contributed by atoms with E-state index in [2.05, 4.69) is 41.5 Å². The van der Waals surface area contributed by atoms with Crippen LogP contribution in [0.3, 0.4) is 0 Å². The van der Waals surface area contributed by atoms with Gasteiger partial charge in [-0.25, -0.2) is 0 Å². The van der Waals surface area contributed by atoms with Crippen molar-refractivity contribution in [2.75, 3.05) is 0 Å². The summed E-state index contributed by atoms with van der Waals surface area (Å²) < 4.78 is 0. The maximum Gasteiger partial charge on any atom is -0.0290 e. The Morgan fingerprint density at radius 1 is 1.00 bits per heavy atom. The van der Waals surface area contributed by atoms with Crippen LogP contribution >= 0.6 is 0 Å². The van der Waals surface area contributed by atoms with Crippen LogP contribution in [0.4, 0.5) is 0 Å². The quantitative estimate of drug-likeness (QED) is 0.533. The monoisotopic (exact) mass is 222 g/mol. The van der Waals surface area contributed by atoms with E-state index in [0.717, 1.165) is 23.7 Å². The maximum absolute atomic E-state index is 2.58. The van der Waals surface area contributed by atoms with Gasteiger partial charge in [0.1, 0.15) is 0 Å². The van der Waals surface area contributed by atoms with Crippen molar-refractivity contribution in [3.8, 4) is 0 Å². The van der Waals surface area contributed by atoms with E-state index >= 15 is 0 Å². The van der Waals surface area contributed by atoms with Gasteiger partial charge in [-0.15, -0.1) is 0 Å². The van der Waals surface area contributed by atoms with Crippen LogP contribution in [0.2, 0.25) is 0 Å². The summed E-state index contributed by atoms with van der Waals surface area (Å²) >= 11 is 0. The molecule has 0 heteroatoms. The molecule has 2 saturated carbocycles. The van der Waals surface area contributed by atoms with Gasteiger partial charge < -0.3 is 0 Å². The first-order chi connectivity index (χ1) is 7.26. The SMILES string of the molecule is CC1CC[C@@]2(C)CC(C)(C)C(C)CC2C1C. The maximum atomic E-state index is 2.58. The Kier molecular flexibility index (Phi) is 2.92. The van der Waals surface area contributed by atoms with Gasteiger partial charge in [-0.2, -0.15) is 0 Å². The molecular weight excluding hydrogens is 192 g/mol. The Labute approximate surface area is 102 Å². The van der Waals surface area contributed by atoms with Crippen molar-refractivity contribution in [3.05, 3.63) is 0 Å². The second kappa shape index (κ2) is 3.75. The van der Waals surface area contributed by atoms with Crippen LogP contribution in [0, 0.1) is 34.5 Å². The first kappa shape index (κ1) is 12.5. The van der Waals surface area contributed by atoms with Crippen molar-refractivity contribution in [1.29, 1.82) is 0 Å². The average Bonchev–Trinajstić information content (AvgIpc) is 2.17. The molecule has 94 valence electrons. The molecule has 0 radical (unpaired) electrons. The molecule has 0 aromatic rings. The normalized spacial score (nSPS) is 52.1. The van der Waals surface area contributed by atoms with Gasteiger partial charge in [-0.3, -0.25) is 0 Å². The van der Waals surface area contributed by atoms with Crippen LogP contribution in [0.5, 0.6) is 0 Å². The Hall–Kier alpha value is 0. The lowest BCUT2D eigenvalue weighted by Gasteiger charge is -2.57. The van der Waals surface area contributed by atoms with E-state index in [1.807, 2.05) is 0 Å². The highest BCUT2D eigenvalue weighted by Crippen LogP contribution is 2.60. The number of rotatable bonds is 0. The van der Waals surface area contributed by atoms with Crippen molar-refractivity contribution >= 4 is 0 Å². The van der Waals surface area contributed by atoms with Gasteiger partial charge in [0.2, 0.25) is 0 Å². The third-order valence-corrected chi connectivity index (χ3v) is 6.40. The highest BCUT2D eigenvalue weighted by atomic mass is 14.6. The van der Waals surface area contributed by atoms with Crippen molar-refractivity contribution < 1.29 is 0 Å². The van der Waals surface area contributed by atoms with Gasteiger partial charge >= 0.3 is 0 Å². The molecular formula is C16H30. The van der Waals surface area contributed by atoms with E-state index in [-0.39, 0.29) is 0 Å². The van der Waals surface area contributed by atoms with E-state index in [0.29, 0.717) is 10.8 Å². The van der Waals surface area contributed by atoms with Gasteiger partial charge in [0.25, 0.3) is 0 Å². The highest BCUT2D eigenvalue weighted by Gasteiger charge is 2.51. The second-order valence-electron chi connectivity index (χ2n) is 7.94. The van der Waals surface area contributed by atoms with Gasteiger partial charge in [0.05, 0.1) is 0 Å². The number of hydrogen-bond acceptors (Lipinski definition) is 0. The van der Waals surface area contributed by atoms with Gasteiger partial charge in [-0.1, -0.05) is 41.5 Å². The standard InChI is InChI=1S/C16H30/c1-11-7-8-16(6)10-15(4,5)12(2)9-14(16)13(11)3/h11-14H,7-10H2,1-6H3/t11?,12?,13?,14?,16-/m0/s1. The van der Waals surface area contributed by atoms with Crippen LogP contribution in [0.15, 0.2) is 0 Å². The predicted molar refractivity (Wildman–Crippen MR) is 71.3 cm³/mol. The van der Waals surface area contributed by atoms with Crippen molar-refractivity contribution in [2.24, 2.45) is 34.5 Å². The molecule has 0 saturated heterocycles. The molecule has 2 aliphatic carbocycles. The summed E-state index contributed by atoms with van der Waals surface area (Å²) in [6.45, 7) is 15.0. The van der Waals surface area contributed by atoms with Crippen LogP contribution < -0.4 is 0 Å². The van der Waals surface area contributed by atoms with Crippen LogP contribution in [0.25, 0.3) is 0 Å². The largest absolute Gasteiger partial charge is 0.0622 e. The second-order valence-corrected chi connectivity index (χ2v) is 7.94. The van der Waals surface area contributed by atoms with Gasteiger partial charge in [0.15, 0.2) is 0 Å². The molecule has 0 amide bonds. The summed E-state index contributed by atoms with van der Waals surface area (Å²) in [6.07, 6.45) is 5.84. The molecule has 2 fully saturated rings. The van der Waals surface area contributed by atoms with Gasteiger partial charge in [-0.05, 0) is 60.2 Å². The van der Waals surface area contributed by atoms with Crippen LogP contribution in [-0.2, 0) is 0 Å². The Morgan fingerprint density at radius 2 is 1.62 bits per heavy atom. The Bertz CT molecular complexity index is 265. The van der Waals surface area contributed by atoms with Crippen LogP contribution in [-0.4, -0.2) is 0 Å². The smallest absolute Gasteiger partial charge is 0.0290 e. The summed E-state index contributed by atoms with van der Waals surface area (Å²) in [7, 11) is 0. The highest BCUT2D eigenvalue weighted by molar-refractivity contribution is 5.00. The molecule has 4 unspecified atom stereocenters. The first-order valence-electron chi connectivity index (χ1n) is 7.26. The lowest BCUT2D eigenvalue weighted by atomic mass is 9.48. The Morgan fingerprint density at radius 3 is 2.25 bits per heavy atom. The van der Waals surface area contributed by atoms with E-state index in [9.17, 15) is 0 Å². The summed E-state index contributed by atoms with van der Waals surface area (Å²) in [4.78, 5) is 0. The fraction of sp³-hybridized carbons (Fsp3) is 1.00. The molecule has 0 N–H and O–H groups in total. The number of hydrogen-bond donors (Lipinski definition) is 0. The van der Waals surface area contributed by atoms with E-state index in [1.165, 1.54) is 25.7 Å². The summed E-state index contributed by atoms with van der Waals surface area (Å²) in [6, 6.07) is 0. The summed E-state index contributed by atoms with van der Waals surface area (Å²) in [5.41, 5.74) is 1.20. The molecule has 2 rings (SSSR count). The van der Waals surface area contributed by atoms with Crippen molar-refractivity contribution in [1.82, 2.24) is 0 Å². The molecule has 0 spiro atoms. The van der Waals surface area contributed by atoms with Crippen molar-refractivity contribution in [3.63, 3.8) is 0 Å². The van der Waals surface area contributed by atoms with E-state index in [1.54, 1.807) is 0 Å². The minimum atomic E-state index is 0.561. The molecule has 5 atom stereocenters. The summed E-state index contributed by atoms with van der Waals surface area (Å²) in [5.74, 6) is 3.78. The third kappa shape index (κ3) is 1.83. The third-order valence-electron chi connectivity index (χ3n) is 6.40. The predicted octanol–water partition coefficient (Wildman–Crippen LogP) is 5.13. The minimum absolute atomic E-state index is 0.561. The zero-order valence-electron chi connectivity index (χ0n) is 12.1.